The minimum absolute atomic E-state index is 0.298. The van der Waals surface area contributed by atoms with E-state index in [-0.39, 0.29) is 0 Å². The molecule has 2 aromatic rings. The van der Waals surface area contributed by atoms with Crippen LogP contribution in [-0.2, 0) is 9.53 Å². The Labute approximate surface area is 116 Å². The summed E-state index contributed by atoms with van der Waals surface area (Å²) in [7, 11) is 0. The predicted molar refractivity (Wildman–Crippen MR) is 76.0 cm³/mol. The third kappa shape index (κ3) is 2.49. The maximum absolute atomic E-state index is 11.8. The van der Waals surface area contributed by atoms with E-state index < -0.39 is 5.97 Å². The molecule has 2 heterocycles. The van der Waals surface area contributed by atoms with Crippen LogP contribution < -0.4 is 0 Å². The van der Waals surface area contributed by atoms with Gasteiger partial charge in [0.2, 0.25) is 5.90 Å². The van der Waals surface area contributed by atoms with Gasteiger partial charge in [0.25, 0.3) is 0 Å². The first-order chi connectivity index (χ1) is 9.72. The van der Waals surface area contributed by atoms with Crippen molar-refractivity contribution in [2.24, 2.45) is 4.99 Å². The molecule has 0 aliphatic carbocycles. The molecule has 20 heavy (non-hydrogen) atoms. The molecule has 98 valence electrons. The highest BCUT2D eigenvalue weighted by Crippen LogP contribution is 2.19. The second-order valence-corrected chi connectivity index (χ2v) is 4.48. The molecular formula is C16H12N2O2. The van der Waals surface area contributed by atoms with E-state index in [2.05, 4.69) is 9.98 Å². The van der Waals surface area contributed by atoms with Gasteiger partial charge in [-0.2, -0.15) is 0 Å². The maximum atomic E-state index is 11.8. The molecular weight excluding hydrogens is 252 g/mol. The zero-order chi connectivity index (χ0) is 13.9. The molecule has 1 aromatic heterocycles. The van der Waals surface area contributed by atoms with Crippen molar-refractivity contribution < 1.29 is 9.53 Å². The number of carbonyl (C=O) groups is 1. The van der Waals surface area contributed by atoms with Gasteiger partial charge in [-0.1, -0.05) is 17.7 Å². The Morgan fingerprint density at radius 2 is 1.75 bits per heavy atom. The first kappa shape index (κ1) is 12.3. The van der Waals surface area contributed by atoms with E-state index in [4.69, 9.17) is 4.74 Å². The van der Waals surface area contributed by atoms with E-state index in [1.54, 1.807) is 30.6 Å². The van der Waals surface area contributed by atoms with E-state index in [1.807, 2.05) is 31.2 Å². The summed E-state index contributed by atoms with van der Waals surface area (Å²) in [6.45, 7) is 2.00. The minimum atomic E-state index is -0.433. The van der Waals surface area contributed by atoms with Crippen LogP contribution in [0.5, 0.6) is 0 Å². The molecule has 0 amide bonds. The topological polar surface area (TPSA) is 51.5 Å². The zero-order valence-electron chi connectivity index (χ0n) is 10.9. The standard InChI is InChI=1S/C16H12N2O2/c1-11-2-4-13(5-3-11)15-18-14(16(19)20-15)10-12-6-8-17-9-7-12/h2-10H,1H3. The van der Waals surface area contributed by atoms with Crippen molar-refractivity contribution in [3.8, 4) is 0 Å². The normalized spacial score (nSPS) is 16.1. The highest BCUT2D eigenvalue weighted by atomic mass is 16.6. The van der Waals surface area contributed by atoms with Crippen LogP contribution in [0.15, 0.2) is 59.5 Å². The summed E-state index contributed by atoms with van der Waals surface area (Å²) in [6, 6.07) is 11.3. The fraction of sp³-hybridized carbons (Fsp3) is 0.0625. The van der Waals surface area contributed by atoms with Gasteiger partial charge < -0.3 is 4.74 Å². The lowest BCUT2D eigenvalue weighted by molar-refractivity contribution is -0.129. The monoisotopic (exact) mass is 264 g/mol. The van der Waals surface area contributed by atoms with Gasteiger partial charge >= 0.3 is 5.97 Å². The molecule has 0 atom stereocenters. The van der Waals surface area contributed by atoms with Crippen LogP contribution in [0, 0.1) is 6.92 Å². The second kappa shape index (κ2) is 5.09. The van der Waals surface area contributed by atoms with Gasteiger partial charge in [-0.05, 0) is 42.8 Å². The molecule has 0 unspecified atom stereocenters. The summed E-state index contributed by atoms with van der Waals surface area (Å²) in [5.41, 5.74) is 3.10. The lowest BCUT2D eigenvalue weighted by atomic mass is 10.1. The van der Waals surface area contributed by atoms with Crippen molar-refractivity contribution in [1.29, 1.82) is 0 Å². The predicted octanol–water partition coefficient (Wildman–Crippen LogP) is 2.73. The van der Waals surface area contributed by atoms with Crippen LogP contribution in [0.3, 0.4) is 0 Å². The van der Waals surface area contributed by atoms with Crippen LogP contribution in [0.25, 0.3) is 6.08 Å². The van der Waals surface area contributed by atoms with Crippen LogP contribution in [0.4, 0.5) is 0 Å². The van der Waals surface area contributed by atoms with E-state index in [0.717, 1.165) is 16.7 Å². The summed E-state index contributed by atoms with van der Waals surface area (Å²) < 4.78 is 5.20. The number of aliphatic imine (C=N–C) groups is 1. The number of cyclic esters (lactones) is 1. The quantitative estimate of drug-likeness (QED) is 0.619. The Morgan fingerprint density at radius 3 is 2.45 bits per heavy atom. The van der Waals surface area contributed by atoms with E-state index in [1.165, 1.54) is 0 Å². The molecule has 0 radical (unpaired) electrons. The molecule has 4 nitrogen and oxygen atoms in total. The Balaban J connectivity index is 1.93. The van der Waals surface area contributed by atoms with Crippen molar-refractivity contribution in [1.82, 2.24) is 4.98 Å². The number of carbonyl (C=O) groups excluding carboxylic acids is 1. The van der Waals surface area contributed by atoms with Crippen LogP contribution >= 0.6 is 0 Å². The van der Waals surface area contributed by atoms with Crippen molar-refractivity contribution in [3.63, 3.8) is 0 Å². The van der Waals surface area contributed by atoms with Crippen LogP contribution in [0.2, 0.25) is 0 Å². The van der Waals surface area contributed by atoms with Gasteiger partial charge in [-0.3, -0.25) is 4.98 Å². The first-order valence-electron chi connectivity index (χ1n) is 6.22. The largest absolute Gasteiger partial charge is 0.402 e. The first-order valence-corrected chi connectivity index (χ1v) is 6.22. The molecule has 1 aliphatic rings. The number of pyridine rings is 1. The molecule has 0 saturated heterocycles. The van der Waals surface area contributed by atoms with E-state index in [0.29, 0.717) is 11.6 Å². The average Bonchev–Trinajstić information content (AvgIpc) is 2.82. The van der Waals surface area contributed by atoms with Gasteiger partial charge in [-0.25, -0.2) is 9.79 Å². The van der Waals surface area contributed by atoms with Crippen LogP contribution in [0.1, 0.15) is 16.7 Å². The molecule has 4 heteroatoms. The number of hydrogen-bond donors (Lipinski definition) is 0. The molecule has 0 saturated carbocycles. The van der Waals surface area contributed by atoms with Gasteiger partial charge in [0, 0.05) is 18.0 Å². The number of benzene rings is 1. The minimum Gasteiger partial charge on any atom is -0.402 e. The summed E-state index contributed by atoms with van der Waals surface area (Å²) >= 11 is 0. The molecule has 0 bridgehead atoms. The van der Waals surface area contributed by atoms with E-state index >= 15 is 0 Å². The van der Waals surface area contributed by atoms with Gasteiger partial charge in [0.1, 0.15) is 0 Å². The Hall–Kier alpha value is -2.75. The number of ether oxygens (including phenoxy) is 1. The molecule has 3 rings (SSSR count). The molecule has 1 aromatic carbocycles. The van der Waals surface area contributed by atoms with Gasteiger partial charge in [0.15, 0.2) is 5.70 Å². The Kier molecular flexibility index (Phi) is 3.13. The Bertz CT molecular complexity index is 701. The third-order valence-corrected chi connectivity index (χ3v) is 2.93. The SMILES string of the molecule is Cc1ccc(C2=NC(=Cc3ccncc3)C(=O)O2)cc1. The zero-order valence-corrected chi connectivity index (χ0v) is 10.9. The number of aromatic nitrogens is 1. The highest BCUT2D eigenvalue weighted by molar-refractivity contribution is 6.12. The average molecular weight is 264 g/mol. The molecule has 0 N–H and O–H groups in total. The summed E-state index contributed by atoms with van der Waals surface area (Å²) in [5, 5.41) is 0. The molecule has 0 fully saturated rings. The number of rotatable bonds is 2. The lowest BCUT2D eigenvalue weighted by Gasteiger charge is -1.99. The summed E-state index contributed by atoms with van der Waals surface area (Å²) in [5.74, 6) is -0.0901. The number of hydrogen-bond acceptors (Lipinski definition) is 4. The highest BCUT2D eigenvalue weighted by Gasteiger charge is 2.23. The third-order valence-electron chi connectivity index (χ3n) is 2.93. The number of esters is 1. The smallest absolute Gasteiger partial charge is 0.363 e. The Morgan fingerprint density at radius 1 is 1.05 bits per heavy atom. The molecule has 0 spiro atoms. The van der Waals surface area contributed by atoms with Gasteiger partial charge in [0.05, 0.1) is 0 Å². The molecule has 1 aliphatic heterocycles. The number of aryl methyl sites for hydroxylation is 1. The second-order valence-electron chi connectivity index (χ2n) is 4.48. The van der Waals surface area contributed by atoms with Crippen LogP contribution in [-0.4, -0.2) is 16.9 Å². The maximum Gasteiger partial charge on any atom is 0.363 e. The van der Waals surface area contributed by atoms with E-state index in [9.17, 15) is 4.79 Å². The summed E-state index contributed by atoms with van der Waals surface area (Å²) in [4.78, 5) is 20.0. The van der Waals surface area contributed by atoms with Crippen molar-refractivity contribution in [2.45, 2.75) is 6.92 Å². The van der Waals surface area contributed by atoms with Crippen molar-refractivity contribution >= 4 is 17.9 Å². The summed E-state index contributed by atoms with van der Waals surface area (Å²) in [6.07, 6.45) is 5.01. The lowest BCUT2D eigenvalue weighted by Crippen LogP contribution is -2.05. The fourth-order valence-electron chi connectivity index (χ4n) is 1.85. The fourth-order valence-corrected chi connectivity index (χ4v) is 1.85. The van der Waals surface area contributed by atoms with Gasteiger partial charge in [-0.15, -0.1) is 0 Å². The number of nitrogens with zero attached hydrogens (tertiary/aromatic N) is 2. The van der Waals surface area contributed by atoms with Crippen molar-refractivity contribution in [3.05, 3.63) is 71.2 Å². The van der Waals surface area contributed by atoms with Crippen molar-refractivity contribution in [2.75, 3.05) is 0 Å².